The minimum atomic E-state index is 0.205. The fourth-order valence-corrected chi connectivity index (χ4v) is 2.86. The van der Waals surface area contributed by atoms with Gasteiger partial charge in [0.1, 0.15) is 0 Å². The molecule has 0 aliphatic carbocycles. The molecule has 0 aromatic heterocycles. The first-order valence-electron chi connectivity index (χ1n) is 6.09. The van der Waals surface area contributed by atoms with Crippen LogP contribution in [0.3, 0.4) is 0 Å². The highest BCUT2D eigenvalue weighted by molar-refractivity contribution is 9.10. The van der Waals surface area contributed by atoms with Crippen molar-refractivity contribution in [3.8, 4) is 0 Å². The zero-order chi connectivity index (χ0) is 13.8. The van der Waals surface area contributed by atoms with Gasteiger partial charge in [0.25, 0.3) is 0 Å². The van der Waals surface area contributed by atoms with Crippen molar-refractivity contribution < 1.29 is 0 Å². The molecule has 1 atom stereocenters. The number of benzene rings is 1. The maximum atomic E-state index is 4.51. The minimum Gasteiger partial charge on any atom is -0.381 e. The zero-order valence-corrected chi connectivity index (χ0v) is 13.8. The molecule has 1 aliphatic rings. The quantitative estimate of drug-likeness (QED) is 0.905. The molecule has 0 spiro atoms. The summed E-state index contributed by atoms with van der Waals surface area (Å²) in [5.41, 5.74) is 3.79. The summed E-state index contributed by atoms with van der Waals surface area (Å²) in [4.78, 5) is 6.64. The van der Waals surface area contributed by atoms with E-state index < -0.39 is 0 Å². The highest BCUT2D eigenvalue weighted by atomic mass is 79.9. The molecule has 1 heterocycles. The van der Waals surface area contributed by atoms with Crippen LogP contribution in [0.25, 0.3) is 0 Å². The van der Waals surface area contributed by atoms with Crippen molar-refractivity contribution in [3.63, 3.8) is 0 Å². The maximum absolute atomic E-state index is 4.51. The Morgan fingerprint density at radius 3 is 2.95 bits per heavy atom. The lowest BCUT2D eigenvalue weighted by atomic mass is 10.2. The van der Waals surface area contributed by atoms with E-state index >= 15 is 0 Å². The Bertz CT molecular complexity index is 513. The van der Waals surface area contributed by atoms with E-state index in [0.717, 1.165) is 16.7 Å². The van der Waals surface area contributed by atoms with E-state index in [0.29, 0.717) is 0 Å². The number of thioether (sulfide) groups is 1. The van der Waals surface area contributed by atoms with Crippen LogP contribution in [0.2, 0.25) is 0 Å². The van der Waals surface area contributed by atoms with Crippen LogP contribution in [-0.2, 0) is 0 Å². The third-order valence-electron chi connectivity index (χ3n) is 2.98. The summed E-state index contributed by atoms with van der Waals surface area (Å²) in [5.74, 6) is 0. The molecule has 0 saturated carbocycles. The highest BCUT2D eigenvalue weighted by Crippen LogP contribution is 2.22. The van der Waals surface area contributed by atoms with Gasteiger partial charge in [0.15, 0.2) is 5.50 Å². The van der Waals surface area contributed by atoms with Crippen molar-refractivity contribution in [1.29, 1.82) is 0 Å². The average molecular weight is 340 g/mol. The average Bonchev–Trinajstić information content (AvgIpc) is 2.40. The molecule has 1 aromatic rings. The summed E-state index contributed by atoms with van der Waals surface area (Å²) in [6, 6.07) is 6.26. The Hall–Kier alpha value is -0.940. The van der Waals surface area contributed by atoms with Crippen LogP contribution in [0.15, 0.2) is 39.4 Å². The van der Waals surface area contributed by atoms with Gasteiger partial charge in [-0.3, -0.25) is 4.99 Å². The van der Waals surface area contributed by atoms with Crippen molar-refractivity contribution in [1.82, 2.24) is 4.90 Å². The second kappa shape index (κ2) is 6.48. The minimum absolute atomic E-state index is 0.205. The number of hydrogen-bond donors (Lipinski definition) is 1. The summed E-state index contributed by atoms with van der Waals surface area (Å²) in [6.07, 6.45) is 6.18. The van der Waals surface area contributed by atoms with E-state index in [2.05, 4.69) is 75.8 Å². The van der Waals surface area contributed by atoms with Gasteiger partial charge in [0.05, 0.1) is 0 Å². The fraction of sp³-hybridized carbons (Fsp3) is 0.357. The monoisotopic (exact) mass is 339 g/mol. The van der Waals surface area contributed by atoms with E-state index in [-0.39, 0.29) is 5.50 Å². The van der Waals surface area contributed by atoms with Crippen LogP contribution in [0.4, 0.5) is 5.69 Å². The molecule has 1 aromatic carbocycles. The van der Waals surface area contributed by atoms with Gasteiger partial charge in [0.2, 0.25) is 0 Å². The summed E-state index contributed by atoms with van der Waals surface area (Å²) < 4.78 is 1.09. The third kappa shape index (κ3) is 3.76. The van der Waals surface area contributed by atoms with Crippen LogP contribution < -0.4 is 5.32 Å². The molecule has 1 N–H and O–H groups in total. The van der Waals surface area contributed by atoms with Crippen LogP contribution in [0.5, 0.6) is 0 Å². The Morgan fingerprint density at radius 1 is 1.47 bits per heavy atom. The summed E-state index contributed by atoms with van der Waals surface area (Å²) >= 11 is 5.23. The van der Waals surface area contributed by atoms with Crippen LogP contribution in [0.1, 0.15) is 5.56 Å². The van der Waals surface area contributed by atoms with Gasteiger partial charge < -0.3 is 10.2 Å². The fourth-order valence-electron chi connectivity index (χ4n) is 1.92. The Balaban J connectivity index is 2.00. The number of hydrogen-bond acceptors (Lipinski definition) is 4. The van der Waals surface area contributed by atoms with Gasteiger partial charge in [-0.15, -0.1) is 11.8 Å². The first-order chi connectivity index (χ1) is 9.10. The lowest BCUT2D eigenvalue weighted by Gasteiger charge is -2.26. The molecular weight excluding hydrogens is 322 g/mol. The summed E-state index contributed by atoms with van der Waals surface area (Å²) in [7, 11) is 2.06. The smallest absolute Gasteiger partial charge is 0.168 e. The summed E-state index contributed by atoms with van der Waals surface area (Å²) in [5, 5.41) is 3.45. The lowest BCUT2D eigenvalue weighted by Crippen LogP contribution is -2.27. The Morgan fingerprint density at radius 2 is 2.26 bits per heavy atom. The van der Waals surface area contributed by atoms with Crippen LogP contribution >= 0.6 is 27.7 Å². The maximum Gasteiger partial charge on any atom is 0.168 e. The molecule has 0 bridgehead atoms. The van der Waals surface area contributed by atoms with Gasteiger partial charge in [-0.1, -0.05) is 22.0 Å². The molecule has 0 fully saturated rings. The van der Waals surface area contributed by atoms with Gasteiger partial charge in [0, 0.05) is 41.7 Å². The number of aliphatic imine (C=N–C) groups is 1. The third-order valence-corrected chi connectivity index (χ3v) is 4.35. The predicted octanol–water partition coefficient (Wildman–Crippen LogP) is 3.72. The predicted molar refractivity (Wildman–Crippen MR) is 89.0 cm³/mol. The molecular formula is C14H18BrN3S. The van der Waals surface area contributed by atoms with E-state index in [1.807, 2.05) is 6.21 Å². The van der Waals surface area contributed by atoms with E-state index in [4.69, 9.17) is 0 Å². The topological polar surface area (TPSA) is 27.6 Å². The standard InChI is InChI=1S/C14H18BrN3S/c1-10-4-5-12(15)6-13(10)16-7-11-8-17-14(19-3)18(2)9-11/h4-6,8-9,14,16H,7H2,1-3H3. The van der Waals surface area contributed by atoms with Crippen molar-refractivity contribution in [2.75, 3.05) is 25.2 Å². The molecule has 5 heteroatoms. The zero-order valence-electron chi connectivity index (χ0n) is 11.4. The molecule has 2 rings (SSSR count). The largest absolute Gasteiger partial charge is 0.381 e. The van der Waals surface area contributed by atoms with Crippen molar-refractivity contribution >= 4 is 39.6 Å². The summed E-state index contributed by atoms with van der Waals surface area (Å²) in [6.45, 7) is 2.89. The van der Waals surface area contributed by atoms with E-state index in [1.165, 1.54) is 11.1 Å². The Labute approximate surface area is 127 Å². The lowest BCUT2D eigenvalue weighted by molar-refractivity contribution is 0.432. The first kappa shape index (κ1) is 14.5. The molecule has 19 heavy (non-hydrogen) atoms. The van der Waals surface area contributed by atoms with Crippen LogP contribution in [0, 0.1) is 6.92 Å². The number of halogens is 1. The number of nitrogens with zero attached hydrogens (tertiary/aromatic N) is 2. The highest BCUT2D eigenvalue weighted by Gasteiger charge is 2.13. The SMILES string of the molecule is CSC1N=CC(CNc2cc(Br)ccc2C)=CN1C. The van der Waals surface area contributed by atoms with Crippen LogP contribution in [-0.4, -0.2) is 36.5 Å². The van der Waals surface area contributed by atoms with Crippen molar-refractivity contribution in [2.45, 2.75) is 12.4 Å². The second-order valence-electron chi connectivity index (χ2n) is 4.52. The van der Waals surface area contributed by atoms with Gasteiger partial charge in [-0.25, -0.2) is 0 Å². The molecule has 1 unspecified atom stereocenters. The Kier molecular flexibility index (Phi) is 4.93. The second-order valence-corrected chi connectivity index (χ2v) is 6.33. The molecule has 3 nitrogen and oxygen atoms in total. The van der Waals surface area contributed by atoms with Gasteiger partial charge in [-0.05, 0) is 30.9 Å². The first-order valence-corrected chi connectivity index (χ1v) is 8.17. The number of aryl methyl sites for hydroxylation is 1. The van der Waals surface area contributed by atoms with E-state index in [1.54, 1.807) is 11.8 Å². The molecule has 0 saturated heterocycles. The normalized spacial score (nSPS) is 18.4. The molecule has 102 valence electrons. The van der Waals surface area contributed by atoms with Gasteiger partial charge in [-0.2, -0.15) is 0 Å². The molecule has 1 aliphatic heterocycles. The molecule has 0 radical (unpaired) electrons. The van der Waals surface area contributed by atoms with Crippen molar-refractivity contribution in [2.24, 2.45) is 4.99 Å². The van der Waals surface area contributed by atoms with E-state index in [9.17, 15) is 0 Å². The number of nitrogens with one attached hydrogen (secondary N) is 1. The van der Waals surface area contributed by atoms with Crippen molar-refractivity contribution in [3.05, 3.63) is 40.0 Å². The number of anilines is 1. The molecule has 0 amide bonds. The number of rotatable bonds is 4. The van der Waals surface area contributed by atoms with Gasteiger partial charge >= 0.3 is 0 Å².